The lowest BCUT2D eigenvalue weighted by atomic mass is 9.74. The first-order valence-corrected chi connectivity index (χ1v) is 14.7. The van der Waals surface area contributed by atoms with E-state index in [0.717, 1.165) is 35.1 Å². The zero-order valence-electron chi connectivity index (χ0n) is 24.4. The third-order valence-electron chi connectivity index (χ3n) is 8.75. The highest BCUT2D eigenvalue weighted by atomic mass is 19.1. The number of aliphatic hydroxyl groups is 2. The molecule has 5 rings (SSSR count). The van der Waals surface area contributed by atoms with E-state index < -0.39 is 29.1 Å². The summed E-state index contributed by atoms with van der Waals surface area (Å²) in [7, 11) is 1.62. The van der Waals surface area contributed by atoms with Gasteiger partial charge in [0.15, 0.2) is 0 Å². The second-order valence-electron chi connectivity index (χ2n) is 11.5. The van der Waals surface area contributed by atoms with Gasteiger partial charge in [-0.1, -0.05) is 11.8 Å². The van der Waals surface area contributed by atoms with Crippen LogP contribution in [0.1, 0.15) is 48.5 Å². The number of aromatic nitrogens is 1. The number of benzene rings is 2. The van der Waals surface area contributed by atoms with Gasteiger partial charge in [0.1, 0.15) is 23.2 Å². The number of piperidine rings is 1. The Labute approximate surface area is 250 Å². The number of ether oxygens (including phenoxy) is 2. The summed E-state index contributed by atoms with van der Waals surface area (Å²) in [5.74, 6) is 2.97. The van der Waals surface area contributed by atoms with Crippen molar-refractivity contribution in [2.24, 2.45) is 5.41 Å². The number of hydrogen-bond donors (Lipinski definition) is 2. The van der Waals surface area contributed by atoms with Crippen molar-refractivity contribution in [1.29, 1.82) is 0 Å². The van der Waals surface area contributed by atoms with Crippen molar-refractivity contribution >= 4 is 10.9 Å². The van der Waals surface area contributed by atoms with Gasteiger partial charge in [-0.05, 0) is 73.5 Å². The first-order valence-electron chi connectivity index (χ1n) is 14.7. The normalized spacial score (nSPS) is 18.3. The summed E-state index contributed by atoms with van der Waals surface area (Å²) < 4.78 is 52.0. The number of fused-ring (bicyclic) bond motifs is 1. The average Bonchev–Trinajstić information content (AvgIpc) is 3.02. The van der Waals surface area contributed by atoms with Crippen LogP contribution in [0.3, 0.4) is 0 Å². The molecule has 3 aromatic rings. The lowest BCUT2D eigenvalue weighted by Gasteiger charge is -2.40. The molecule has 3 heterocycles. The van der Waals surface area contributed by atoms with Crippen LogP contribution in [0.5, 0.6) is 5.75 Å². The first-order chi connectivity index (χ1) is 20.8. The van der Waals surface area contributed by atoms with E-state index in [1.165, 1.54) is 0 Å². The quantitative estimate of drug-likeness (QED) is 0.354. The first kappa shape index (κ1) is 31.2. The van der Waals surface area contributed by atoms with Crippen molar-refractivity contribution in [2.75, 3.05) is 59.7 Å². The van der Waals surface area contributed by atoms with Crippen LogP contribution in [0.4, 0.5) is 13.2 Å². The molecule has 1 unspecified atom stereocenters. The fourth-order valence-corrected chi connectivity index (χ4v) is 6.04. The molecule has 2 N–H and O–H groups in total. The van der Waals surface area contributed by atoms with Crippen LogP contribution >= 0.6 is 0 Å². The maximum Gasteiger partial charge on any atom is 0.144 e. The molecule has 7 nitrogen and oxygen atoms in total. The van der Waals surface area contributed by atoms with Crippen LogP contribution in [-0.4, -0.2) is 84.7 Å². The van der Waals surface area contributed by atoms with Crippen molar-refractivity contribution in [3.05, 3.63) is 70.7 Å². The Morgan fingerprint density at radius 2 is 1.77 bits per heavy atom. The molecule has 0 bridgehead atoms. The molecule has 43 heavy (non-hydrogen) atoms. The molecular formula is C33H38F3N3O4. The SMILES string of the molecule is COc1ccc2ncc(CN3CCOCC3)c(C(O)CCC3(CO)CCN(CC#Cc4c(F)cc(F)cc4F)CC3)c2c1. The molecule has 0 saturated carbocycles. The maximum absolute atomic E-state index is 13.9. The average molecular weight is 598 g/mol. The zero-order chi connectivity index (χ0) is 30.4. The van der Waals surface area contributed by atoms with Crippen LogP contribution < -0.4 is 4.74 Å². The van der Waals surface area contributed by atoms with Gasteiger partial charge >= 0.3 is 0 Å². The highest BCUT2D eigenvalue weighted by Crippen LogP contribution is 2.40. The number of likely N-dealkylation sites (tertiary alicyclic amines) is 1. The van der Waals surface area contributed by atoms with Crippen molar-refractivity contribution in [2.45, 2.75) is 38.3 Å². The lowest BCUT2D eigenvalue weighted by molar-refractivity contribution is 0.0262. The van der Waals surface area contributed by atoms with Crippen LogP contribution in [0.2, 0.25) is 0 Å². The van der Waals surface area contributed by atoms with Gasteiger partial charge in [0.05, 0.1) is 44.1 Å². The molecule has 2 aliphatic heterocycles. The second-order valence-corrected chi connectivity index (χ2v) is 11.5. The molecular weight excluding hydrogens is 559 g/mol. The number of rotatable bonds is 9. The fourth-order valence-electron chi connectivity index (χ4n) is 6.04. The molecule has 230 valence electrons. The van der Waals surface area contributed by atoms with Crippen molar-refractivity contribution < 1.29 is 32.9 Å². The Morgan fingerprint density at radius 1 is 1.05 bits per heavy atom. The predicted molar refractivity (Wildman–Crippen MR) is 157 cm³/mol. The van der Waals surface area contributed by atoms with Crippen LogP contribution in [0.25, 0.3) is 10.9 Å². The maximum atomic E-state index is 13.9. The van der Waals surface area contributed by atoms with E-state index >= 15 is 0 Å². The number of pyridine rings is 1. The van der Waals surface area contributed by atoms with Gasteiger partial charge in [-0.2, -0.15) is 0 Å². The minimum atomic E-state index is -1.02. The van der Waals surface area contributed by atoms with Gasteiger partial charge in [0, 0.05) is 50.0 Å². The summed E-state index contributed by atoms with van der Waals surface area (Å²) in [4.78, 5) is 9.04. The molecule has 2 aromatic carbocycles. The summed E-state index contributed by atoms with van der Waals surface area (Å²) in [6.45, 7) is 5.23. The van der Waals surface area contributed by atoms with Crippen LogP contribution in [0.15, 0.2) is 36.5 Å². The number of aliphatic hydroxyl groups excluding tert-OH is 2. The Hall–Kier alpha value is -3.20. The lowest BCUT2D eigenvalue weighted by Crippen LogP contribution is -2.42. The fraction of sp³-hybridized carbons (Fsp3) is 0.485. The van der Waals surface area contributed by atoms with Crippen LogP contribution in [0, 0.1) is 34.7 Å². The molecule has 2 saturated heterocycles. The summed E-state index contributed by atoms with van der Waals surface area (Å²) >= 11 is 0. The minimum absolute atomic E-state index is 0.00318. The summed E-state index contributed by atoms with van der Waals surface area (Å²) in [5.41, 5.74) is 1.80. The summed E-state index contributed by atoms with van der Waals surface area (Å²) in [5, 5.41) is 23.0. The standard InChI is InChI=1S/C33H38F3N3O4/c1-42-25-4-5-30-27(19-25)32(23(20-37-30)21-39-13-15-43-16-14-39)31(41)6-7-33(22-40)8-11-38(12-9-33)10-2-3-26-28(35)17-24(34)18-29(26)36/h4-5,17-20,31,40-41H,6-16,21-22H2,1H3. The van der Waals surface area contributed by atoms with Gasteiger partial charge in [-0.25, -0.2) is 13.2 Å². The van der Waals surface area contributed by atoms with Gasteiger partial charge in [-0.3, -0.25) is 14.8 Å². The van der Waals surface area contributed by atoms with Crippen LogP contribution in [-0.2, 0) is 11.3 Å². The largest absolute Gasteiger partial charge is 0.497 e. The van der Waals surface area contributed by atoms with Crippen molar-refractivity contribution in [3.8, 4) is 17.6 Å². The number of halogens is 3. The third kappa shape index (κ3) is 7.48. The predicted octanol–water partition coefficient (Wildman–Crippen LogP) is 4.43. The van der Waals surface area contributed by atoms with E-state index in [4.69, 9.17) is 9.47 Å². The van der Waals surface area contributed by atoms with Gasteiger partial charge in [0.25, 0.3) is 0 Å². The minimum Gasteiger partial charge on any atom is -0.497 e. The molecule has 0 radical (unpaired) electrons. The molecule has 2 aliphatic rings. The third-order valence-corrected chi connectivity index (χ3v) is 8.75. The molecule has 10 heteroatoms. The number of hydrogen-bond acceptors (Lipinski definition) is 7. The molecule has 2 fully saturated rings. The number of nitrogens with zero attached hydrogens (tertiary/aromatic N) is 3. The summed E-state index contributed by atoms with van der Waals surface area (Å²) in [6.07, 6.45) is 3.58. The highest BCUT2D eigenvalue weighted by molar-refractivity contribution is 5.85. The molecule has 1 atom stereocenters. The zero-order valence-corrected chi connectivity index (χ0v) is 24.4. The van der Waals surface area contributed by atoms with Crippen molar-refractivity contribution in [1.82, 2.24) is 14.8 Å². The molecule has 0 amide bonds. The van der Waals surface area contributed by atoms with Gasteiger partial charge in [0.2, 0.25) is 0 Å². The topological polar surface area (TPSA) is 78.3 Å². The van der Waals surface area contributed by atoms with E-state index in [0.29, 0.717) is 83.0 Å². The number of morpholine rings is 1. The second kappa shape index (κ2) is 14.1. The van der Waals surface area contributed by atoms with E-state index in [1.54, 1.807) is 7.11 Å². The summed E-state index contributed by atoms with van der Waals surface area (Å²) in [6, 6.07) is 6.92. The Morgan fingerprint density at radius 3 is 2.44 bits per heavy atom. The van der Waals surface area contributed by atoms with Gasteiger partial charge in [-0.15, -0.1) is 0 Å². The smallest absolute Gasteiger partial charge is 0.144 e. The molecule has 0 spiro atoms. The van der Waals surface area contributed by atoms with E-state index in [9.17, 15) is 23.4 Å². The number of methoxy groups -OCH3 is 1. The Bertz CT molecular complexity index is 1450. The molecule has 1 aromatic heterocycles. The van der Waals surface area contributed by atoms with E-state index in [2.05, 4.69) is 26.6 Å². The Balaban J connectivity index is 1.26. The Kier molecular flexibility index (Phi) is 10.2. The van der Waals surface area contributed by atoms with E-state index in [-0.39, 0.29) is 12.0 Å². The monoisotopic (exact) mass is 597 g/mol. The van der Waals surface area contributed by atoms with Gasteiger partial charge < -0.3 is 19.7 Å². The highest BCUT2D eigenvalue weighted by Gasteiger charge is 2.35. The molecule has 0 aliphatic carbocycles. The van der Waals surface area contributed by atoms with Crippen molar-refractivity contribution in [3.63, 3.8) is 0 Å². The van der Waals surface area contributed by atoms with E-state index in [1.807, 2.05) is 24.4 Å².